The summed E-state index contributed by atoms with van der Waals surface area (Å²) in [6, 6.07) is 15.5. The number of alkyl halides is 2. The van der Waals surface area contributed by atoms with Crippen LogP contribution in [0.3, 0.4) is 0 Å². The lowest BCUT2D eigenvalue weighted by molar-refractivity contribution is 0.0123. The maximum absolute atomic E-state index is 13.7. The highest BCUT2D eigenvalue weighted by Crippen LogP contribution is 2.35. The van der Waals surface area contributed by atoms with E-state index in [1.807, 2.05) is 30.3 Å². The monoisotopic (exact) mass is 507 g/mol. The first kappa shape index (κ1) is 23.8. The number of hydrogen-bond acceptors (Lipinski definition) is 5. The van der Waals surface area contributed by atoms with Gasteiger partial charge in [0.15, 0.2) is 5.65 Å². The number of fused-ring (bicyclic) bond motifs is 1. The van der Waals surface area contributed by atoms with Gasteiger partial charge >= 0.3 is 5.69 Å². The smallest absolute Gasteiger partial charge is 0.350 e. The molecule has 0 amide bonds. The van der Waals surface area contributed by atoms with Crippen molar-refractivity contribution in [2.24, 2.45) is 0 Å². The molecule has 5 rings (SSSR count). The standard InChI is InChI=1S/C26H20ClF2N5O2/c1-26(28,29)22-7-4-18(21(15-35)31-22)14-34-25(36)33-13-10-20(16-2-5-19(27)6-3-16)23(24(33)32-34)17-8-11-30-12-9-17/h2-13,35H,14-15H2,1H3. The molecule has 1 aromatic carbocycles. The summed E-state index contributed by atoms with van der Waals surface area (Å²) in [5.41, 5.74) is 3.28. The van der Waals surface area contributed by atoms with Crippen molar-refractivity contribution >= 4 is 17.2 Å². The zero-order valence-corrected chi connectivity index (χ0v) is 19.8. The summed E-state index contributed by atoms with van der Waals surface area (Å²) in [5, 5.41) is 14.9. The Morgan fingerprint density at radius 3 is 2.39 bits per heavy atom. The van der Waals surface area contributed by atoms with Gasteiger partial charge in [0.25, 0.3) is 5.92 Å². The van der Waals surface area contributed by atoms with E-state index in [0.717, 1.165) is 29.2 Å². The van der Waals surface area contributed by atoms with Gasteiger partial charge in [-0.05, 0) is 58.7 Å². The predicted octanol–water partition coefficient (Wildman–Crippen LogP) is 4.93. The summed E-state index contributed by atoms with van der Waals surface area (Å²) in [6.07, 6.45) is 4.95. The van der Waals surface area contributed by atoms with Gasteiger partial charge in [0.1, 0.15) is 5.69 Å². The lowest BCUT2D eigenvalue weighted by Crippen LogP contribution is -2.23. The van der Waals surface area contributed by atoms with Crippen molar-refractivity contribution in [3.8, 4) is 22.3 Å². The number of aliphatic hydroxyl groups is 1. The Hall–Kier alpha value is -3.95. The minimum absolute atomic E-state index is 0.0506. The normalized spacial score (nSPS) is 11.8. The fourth-order valence-corrected chi connectivity index (χ4v) is 4.20. The van der Waals surface area contributed by atoms with E-state index >= 15 is 0 Å². The third kappa shape index (κ3) is 4.38. The molecule has 0 saturated carbocycles. The van der Waals surface area contributed by atoms with Crippen molar-refractivity contribution < 1.29 is 13.9 Å². The Bertz CT molecular complexity index is 1610. The Kier molecular flexibility index (Phi) is 6.11. The first-order valence-corrected chi connectivity index (χ1v) is 11.4. The summed E-state index contributed by atoms with van der Waals surface area (Å²) in [7, 11) is 0. The first-order chi connectivity index (χ1) is 17.3. The summed E-state index contributed by atoms with van der Waals surface area (Å²) < 4.78 is 30.1. The maximum atomic E-state index is 13.7. The van der Waals surface area contributed by atoms with Gasteiger partial charge in [-0.1, -0.05) is 29.8 Å². The zero-order chi connectivity index (χ0) is 25.4. The fraction of sp³-hybridized carbons (Fsp3) is 0.154. The minimum atomic E-state index is -3.15. The second-order valence-electron chi connectivity index (χ2n) is 8.33. The second kappa shape index (κ2) is 9.25. The van der Waals surface area contributed by atoms with Crippen LogP contribution in [0.5, 0.6) is 0 Å². The van der Waals surface area contributed by atoms with E-state index in [9.17, 15) is 18.7 Å². The van der Waals surface area contributed by atoms with Crippen molar-refractivity contribution in [3.63, 3.8) is 0 Å². The van der Waals surface area contributed by atoms with E-state index in [1.165, 1.54) is 21.2 Å². The van der Waals surface area contributed by atoms with Gasteiger partial charge in [0.2, 0.25) is 0 Å². The molecule has 0 saturated heterocycles. The number of halogens is 3. The highest BCUT2D eigenvalue weighted by atomic mass is 35.5. The van der Waals surface area contributed by atoms with Crippen molar-refractivity contribution in [1.82, 2.24) is 24.1 Å². The quantitative estimate of drug-likeness (QED) is 0.352. The number of pyridine rings is 3. The van der Waals surface area contributed by atoms with Gasteiger partial charge in [-0.3, -0.25) is 4.98 Å². The molecule has 4 heterocycles. The molecular formula is C26H20ClF2N5O2. The Labute approximate surface area is 209 Å². The van der Waals surface area contributed by atoms with E-state index < -0.39 is 23.9 Å². The van der Waals surface area contributed by atoms with Gasteiger partial charge in [0, 0.05) is 36.1 Å². The van der Waals surface area contributed by atoms with Crippen LogP contribution in [-0.2, 0) is 19.1 Å². The largest absolute Gasteiger partial charge is 0.390 e. The first-order valence-electron chi connectivity index (χ1n) is 11.0. The van der Waals surface area contributed by atoms with Gasteiger partial charge in [-0.25, -0.2) is 18.9 Å². The average Bonchev–Trinajstić information content (AvgIpc) is 3.19. The minimum Gasteiger partial charge on any atom is -0.390 e. The molecule has 7 nitrogen and oxygen atoms in total. The summed E-state index contributed by atoms with van der Waals surface area (Å²) >= 11 is 6.08. The highest BCUT2D eigenvalue weighted by molar-refractivity contribution is 6.30. The molecule has 0 atom stereocenters. The Morgan fingerprint density at radius 2 is 1.72 bits per heavy atom. The molecule has 4 aromatic heterocycles. The maximum Gasteiger partial charge on any atom is 0.350 e. The number of rotatable bonds is 6. The number of hydrogen-bond donors (Lipinski definition) is 1. The Morgan fingerprint density at radius 1 is 1.00 bits per heavy atom. The molecule has 0 radical (unpaired) electrons. The summed E-state index contributed by atoms with van der Waals surface area (Å²) in [4.78, 5) is 21.3. The third-order valence-corrected chi connectivity index (χ3v) is 6.12. The van der Waals surface area contributed by atoms with Crippen LogP contribution in [0, 0.1) is 0 Å². The molecule has 0 aliphatic rings. The van der Waals surface area contributed by atoms with Crippen LogP contribution >= 0.6 is 11.6 Å². The molecule has 0 spiro atoms. The molecule has 182 valence electrons. The fourth-order valence-electron chi connectivity index (χ4n) is 4.07. The van der Waals surface area contributed by atoms with Crippen LogP contribution in [0.2, 0.25) is 5.02 Å². The SMILES string of the molecule is CC(F)(F)c1ccc(Cn2nc3c(-c4ccncc4)c(-c4ccc(Cl)cc4)ccn3c2=O)c(CO)n1. The van der Waals surface area contributed by atoms with Crippen molar-refractivity contribution in [2.75, 3.05) is 0 Å². The average molecular weight is 508 g/mol. The number of benzene rings is 1. The molecule has 0 fully saturated rings. The van der Waals surface area contributed by atoms with Crippen LogP contribution < -0.4 is 5.69 Å². The van der Waals surface area contributed by atoms with Gasteiger partial charge in [-0.2, -0.15) is 8.78 Å². The molecular weight excluding hydrogens is 488 g/mol. The molecule has 10 heteroatoms. The van der Waals surface area contributed by atoms with Crippen LogP contribution in [0.15, 0.2) is 78.0 Å². The molecule has 36 heavy (non-hydrogen) atoms. The number of nitrogens with zero attached hydrogens (tertiary/aromatic N) is 5. The molecule has 0 bridgehead atoms. The van der Waals surface area contributed by atoms with Gasteiger partial charge in [-0.15, -0.1) is 5.10 Å². The van der Waals surface area contributed by atoms with Crippen LogP contribution in [0.1, 0.15) is 23.9 Å². The highest BCUT2D eigenvalue weighted by Gasteiger charge is 2.27. The van der Waals surface area contributed by atoms with Crippen LogP contribution in [-0.4, -0.2) is 29.3 Å². The Balaban J connectivity index is 1.67. The van der Waals surface area contributed by atoms with Crippen LogP contribution in [0.25, 0.3) is 27.9 Å². The predicted molar refractivity (Wildman–Crippen MR) is 132 cm³/mol. The number of aliphatic hydroxyl groups excluding tert-OH is 1. The van der Waals surface area contributed by atoms with Gasteiger partial charge < -0.3 is 5.11 Å². The summed E-state index contributed by atoms with van der Waals surface area (Å²) in [6.45, 7) is 0.136. The van der Waals surface area contributed by atoms with Crippen LogP contribution in [0.4, 0.5) is 8.78 Å². The molecule has 1 N–H and O–H groups in total. The molecule has 0 unspecified atom stereocenters. The lowest BCUT2D eigenvalue weighted by Gasteiger charge is -2.13. The second-order valence-corrected chi connectivity index (χ2v) is 8.77. The van der Waals surface area contributed by atoms with E-state index in [1.54, 1.807) is 30.7 Å². The van der Waals surface area contributed by atoms with E-state index in [-0.39, 0.29) is 12.2 Å². The summed E-state index contributed by atoms with van der Waals surface area (Å²) in [5.74, 6) is -3.15. The van der Waals surface area contributed by atoms with E-state index in [4.69, 9.17) is 11.6 Å². The molecule has 0 aliphatic carbocycles. The van der Waals surface area contributed by atoms with Gasteiger partial charge in [0.05, 0.1) is 18.8 Å². The zero-order valence-electron chi connectivity index (χ0n) is 19.1. The lowest BCUT2D eigenvalue weighted by atomic mass is 9.96. The van der Waals surface area contributed by atoms with Crippen molar-refractivity contribution in [2.45, 2.75) is 26.0 Å². The molecule has 5 aromatic rings. The topological polar surface area (TPSA) is 85.3 Å². The third-order valence-electron chi connectivity index (χ3n) is 5.87. The van der Waals surface area contributed by atoms with Crippen molar-refractivity contribution in [1.29, 1.82) is 0 Å². The number of aromatic nitrogens is 5. The van der Waals surface area contributed by atoms with E-state index in [0.29, 0.717) is 16.2 Å². The van der Waals surface area contributed by atoms with E-state index in [2.05, 4.69) is 15.1 Å². The van der Waals surface area contributed by atoms with Crippen molar-refractivity contribution in [3.05, 3.63) is 106 Å². The molecule has 0 aliphatic heterocycles.